The van der Waals surface area contributed by atoms with E-state index in [0.29, 0.717) is 0 Å². The molecule has 0 aliphatic rings. The van der Waals surface area contributed by atoms with Gasteiger partial charge in [0.15, 0.2) is 0 Å². The lowest BCUT2D eigenvalue weighted by atomic mass is 10.2. The molecule has 0 aliphatic carbocycles. The van der Waals surface area contributed by atoms with E-state index >= 15 is 0 Å². The normalized spacial score (nSPS) is 10.9. The van der Waals surface area contributed by atoms with E-state index in [1.54, 1.807) is 0 Å². The molecule has 0 spiro atoms. The first-order valence-corrected chi connectivity index (χ1v) is 7.32. The van der Waals surface area contributed by atoms with Crippen LogP contribution < -0.4 is 0 Å². The van der Waals surface area contributed by atoms with Gasteiger partial charge in [0.05, 0.1) is 17.6 Å². The smallest absolute Gasteiger partial charge is 0.0961 e. The topological polar surface area (TPSA) is 35.6 Å². The standard InChI is InChI=1S/C15H15BrN4/c1-3-19-11(2)14(10-17-19)15-8-9-20(18-15)13-6-4-12(16)5-7-13/h4-10H,3H2,1-2H3. The molecule has 5 heteroatoms. The lowest BCUT2D eigenvalue weighted by Gasteiger charge is -2.02. The van der Waals surface area contributed by atoms with Crippen LogP contribution >= 0.6 is 15.9 Å². The predicted molar refractivity (Wildman–Crippen MR) is 82.9 cm³/mol. The summed E-state index contributed by atoms with van der Waals surface area (Å²) >= 11 is 3.44. The minimum absolute atomic E-state index is 0.874. The molecule has 0 unspecified atom stereocenters. The first kappa shape index (κ1) is 13.1. The van der Waals surface area contributed by atoms with Crippen molar-refractivity contribution in [3.63, 3.8) is 0 Å². The van der Waals surface area contributed by atoms with E-state index < -0.39 is 0 Å². The second kappa shape index (κ2) is 5.25. The van der Waals surface area contributed by atoms with Crippen LogP contribution in [0.2, 0.25) is 0 Å². The minimum Gasteiger partial charge on any atom is -0.269 e. The maximum absolute atomic E-state index is 4.64. The van der Waals surface area contributed by atoms with Gasteiger partial charge in [0.1, 0.15) is 0 Å². The van der Waals surface area contributed by atoms with Gasteiger partial charge in [-0.25, -0.2) is 4.68 Å². The lowest BCUT2D eigenvalue weighted by Crippen LogP contribution is -1.98. The van der Waals surface area contributed by atoms with Gasteiger partial charge in [-0.05, 0) is 44.2 Å². The van der Waals surface area contributed by atoms with Crippen LogP contribution in [0.4, 0.5) is 0 Å². The van der Waals surface area contributed by atoms with E-state index in [4.69, 9.17) is 0 Å². The molecule has 0 saturated heterocycles. The molecule has 2 heterocycles. The fraction of sp³-hybridized carbons (Fsp3) is 0.200. The fourth-order valence-corrected chi connectivity index (χ4v) is 2.49. The predicted octanol–water partition coefficient (Wildman–Crippen LogP) is 3.83. The molecule has 1 aromatic carbocycles. The van der Waals surface area contributed by atoms with E-state index in [1.807, 2.05) is 52.1 Å². The molecular formula is C15H15BrN4. The molecule has 102 valence electrons. The first-order chi connectivity index (χ1) is 9.69. The Morgan fingerprint density at radius 2 is 1.90 bits per heavy atom. The molecule has 0 amide bonds. The van der Waals surface area contributed by atoms with Crippen molar-refractivity contribution < 1.29 is 0 Å². The third-order valence-electron chi connectivity index (χ3n) is 3.36. The Bertz CT molecular complexity index is 725. The number of aryl methyl sites for hydroxylation is 1. The maximum Gasteiger partial charge on any atom is 0.0961 e. The summed E-state index contributed by atoms with van der Waals surface area (Å²) in [4.78, 5) is 0. The van der Waals surface area contributed by atoms with Crippen molar-refractivity contribution in [1.29, 1.82) is 0 Å². The average Bonchev–Trinajstić information content (AvgIpc) is 3.06. The Balaban J connectivity index is 1.97. The molecule has 0 saturated carbocycles. The maximum atomic E-state index is 4.64. The van der Waals surface area contributed by atoms with Gasteiger partial charge in [0.25, 0.3) is 0 Å². The van der Waals surface area contributed by atoms with Gasteiger partial charge in [0.2, 0.25) is 0 Å². The van der Waals surface area contributed by atoms with Crippen LogP contribution in [0.5, 0.6) is 0 Å². The van der Waals surface area contributed by atoms with E-state index in [2.05, 4.69) is 40.0 Å². The third-order valence-corrected chi connectivity index (χ3v) is 3.89. The van der Waals surface area contributed by atoms with Crippen molar-refractivity contribution in [2.45, 2.75) is 20.4 Å². The molecule has 2 aromatic heterocycles. The molecule has 0 fully saturated rings. The van der Waals surface area contributed by atoms with Crippen molar-refractivity contribution >= 4 is 15.9 Å². The van der Waals surface area contributed by atoms with Gasteiger partial charge in [0, 0.05) is 28.5 Å². The van der Waals surface area contributed by atoms with Gasteiger partial charge >= 0.3 is 0 Å². The Morgan fingerprint density at radius 3 is 2.55 bits per heavy atom. The van der Waals surface area contributed by atoms with Crippen LogP contribution in [-0.2, 0) is 6.54 Å². The molecule has 20 heavy (non-hydrogen) atoms. The summed E-state index contributed by atoms with van der Waals surface area (Å²) in [7, 11) is 0. The molecule has 0 bridgehead atoms. The molecule has 4 nitrogen and oxygen atoms in total. The van der Waals surface area contributed by atoms with E-state index in [-0.39, 0.29) is 0 Å². The first-order valence-electron chi connectivity index (χ1n) is 6.53. The Labute approximate surface area is 126 Å². The summed E-state index contributed by atoms with van der Waals surface area (Å²) in [6.07, 6.45) is 3.86. The average molecular weight is 331 g/mol. The van der Waals surface area contributed by atoms with Crippen LogP contribution in [0, 0.1) is 6.92 Å². The number of halogens is 1. The van der Waals surface area contributed by atoms with Gasteiger partial charge < -0.3 is 0 Å². The summed E-state index contributed by atoms with van der Waals surface area (Å²) in [6.45, 7) is 5.04. The summed E-state index contributed by atoms with van der Waals surface area (Å²) in [6, 6.07) is 10.1. The highest BCUT2D eigenvalue weighted by molar-refractivity contribution is 9.10. The van der Waals surface area contributed by atoms with Crippen LogP contribution in [0.15, 0.2) is 47.2 Å². The SMILES string of the molecule is CCn1ncc(-c2ccn(-c3ccc(Br)cc3)n2)c1C. The largest absolute Gasteiger partial charge is 0.269 e. The summed E-state index contributed by atoms with van der Waals surface area (Å²) in [5.74, 6) is 0. The Morgan fingerprint density at radius 1 is 1.15 bits per heavy atom. The van der Waals surface area contributed by atoms with Crippen LogP contribution in [0.25, 0.3) is 16.9 Å². The van der Waals surface area contributed by atoms with Gasteiger partial charge in [-0.1, -0.05) is 15.9 Å². The molecule has 3 aromatic rings. The van der Waals surface area contributed by atoms with Gasteiger partial charge in [-0.3, -0.25) is 4.68 Å². The lowest BCUT2D eigenvalue weighted by molar-refractivity contribution is 0.640. The van der Waals surface area contributed by atoms with Crippen molar-refractivity contribution in [1.82, 2.24) is 19.6 Å². The van der Waals surface area contributed by atoms with Crippen LogP contribution in [0.3, 0.4) is 0 Å². The molecule has 0 radical (unpaired) electrons. The number of benzene rings is 1. The second-order valence-corrected chi connectivity index (χ2v) is 5.50. The number of aromatic nitrogens is 4. The van der Waals surface area contributed by atoms with Crippen molar-refractivity contribution in [2.24, 2.45) is 0 Å². The zero-order valence-corrected chi connectivity index (χ0v) is 13.0. The fourth-order valence-electron chi connectivity index (χ4n) is 2.22. The Kier molecular flexibility index (Phi) is 3.44. The quantitative estimate of drug-likeness (QED) is 0.731. The van der Waals surface area contributed by atoms with E-state index in [1.165, 1.54) is 0 Å². The third kappa shape index (κ3) is 2.29. The highest BCUT2D eigenvalue weighted by Crippen LogP contribution is 2.22. The number of hydrogen-bond donors (Lipinski definition) is 0. The van der Waals surface area contributed by atoms with E-state index in [9.17, 15) is 0 Å². The number of nitrogens with zero attached hydrogens (tertiary/aromatic N) is 4. The molecule has 0 atom stereocenters. The minimum atomic E-state index is 0.874. The second-order valence-electron chi connectivity index (χ2n) is 4.58. The monoisotopic (exact) mass is 330 g/mol. The van der Waals surface area contributed by atoms with Crippen molar-refractivity contribution in [3.05, 3.63) is 52.9 Å². The zero-order chi connectivity index (χ0) is 14.1. The van der Waals surface area contributed by atoms with Gasteiger partial charge in [-0.2, -0.15) is 10.2 Å². The van der Waals surface area contributed by atoms with E-state index in [0.717, 1.165) is 33.7 Å². The number of rotatable bonds is 3. The summed E-state index contributed by atoms with van der Waals surface area (Å²) in [5, 5.41) is 9.00. The van der Waals surface area contributed by atoms with Gasteiger partial charge in [-0.15, -0.1) is 0 Å². The molecule has 3 rings (SSSR count). The number of hydrogen-bond acceptors (Lipinski definition) is 2. The molecule has 0 aliphatic heterocycles. The highest BCUT2D eigenvalue weighted by atomic mass is 79.9. The van der Waals surface area contributed by atoms with Crippen molar-refractivity contribution in [3.8, 4) is 16.9 Å². The summed E-state index contributed by atoms with van der Waals surface area (Å²) < 4.78 is 4.92. The zero-order valence-electron chi connectivity index (χ0n) is 11.4. The highest BCUT2D eigenvalue weighted by Gasteiger charge is 2.10. The summed E-state index contributed by atoms with van der Waals surface area (Å²) in [5.41, 5.74) is 4.22. The molecular weight excluding hydrogens is 316 g/mol. The van der Waals surface area contributed by atoms with Crippen molar-refractivity contribution in [2.75, 3.05) is 0 Å². The van der Waals surface area contributed by atoms with Crippen LogP contribution in [-0.4, -0.2) is 19.6 Å². The Hall–Kier alpha value is -1.88. The van der Waals surface area contributed by atoms with Crippen LogP contribution in [0.1, 0.15) is 12.6 Å². The molecule has 0 N–H and O–H groups in total.